The first-order valence-electron chi connectivity index (χ1n) is 7.91. The standard InChI is InChI=1S/C15H29N3O.ClH/c1-13-9-17(12-15(2)3-4-16-11-15)10-14(13)18-5-7-19-8-6-18;/h13-14,16H,3-12H2,1-2H3;1H. The minimum absolute atomic E-state index is 0. The van der Waals surface area contributed by atoms with Crippen molar-refractivity contribution in [1.82, 2.24) is 15.1 Å². The number of nitrogens with one attached hydrogen (secondary N) is 1. The molecule has 118 valence electrons. The van der Waals surface area contributed by atoms with Gasteiger partial charge in [0.15, 0.2) is 0 Å². The van der Waals surface area contributed by atoms with Crippen molar-refractivity contribution in [2.75, 3.05) is 59.0 Å². The lowest BCUT2D eigenvalue weighted by Crippen LogP contribution is -2.47. The molecule has 4 nitrogen and oxygen atoms in total. The van der Waals surface area contributed by atoms with Crippen molar-refractivity contribution in [3.05, 3.63) is 0 Å². The van der Waals surface area contributed by atoms with Crippen molar-refractivity contribution in [3.63, 3.8) is 0 Å². The fraction of sp³-hybridized carbons (Fsp3) is 1.00. The molecule has 3 heterocycles. The number of halogens is 1. The normalized spacial score (nSPS) is 39.9. The fourth-order valence-electron chi connectivity index (χ4n) is 4.11. The number of nitrogens with zero attached hydrogens (tertiary/aromatic N) is 2. The molecule has 0 bridgehead atoms. The molecule has 0 aromatic heterocycles. The largest absolute Gasteiger partial charge is 0.379 e. The van der Waals surface area contributed by atoms with E-state index in [1.807, 2.05) is 0 Å². The van der Waals surface area contributed by atoms with Crippen LogP contribution in [0.25, 0.3) is 0 Å². The Kier molecular flexibility index (Phi) is 5.71. The van der Waals surface area contributed by atoms with Gasteiger partial charge in [-0.25, -0.2) is 0 Å². The van der Waals surface area contributed by atoms with Gasteiger partial charge < -0.3 is 15.0 Å². The van der Waals surface area contributed by atoms with E-state index < -0.39 is 0 Å². The number of hydrogen-bond donors (Lipinski definition) is 1. The molecule has 3 aliphatic heterocycles. The Morgan fingerprint density at radius 1 is 1.25 bits per heavy atom. The van der Waals surface area contributed by atoms with Crippen LogP contribution in [0.2, 0.25) is 0 Å². The molecule has 0 spiro atoms. The summed E-state index contributed by atoms with van der Waals surface area (Å²) >= 11 is 0. The third-order valence-corrected chi connectivity index (χ3v) is 5.23. The van der Waals surface area contributed by atoms with Crippen molar-refractivity contribution in [3.8, 4) is 0 Å². The van der Waals surface area contributed by atoms with Crippen LogP contribution in [0, 0.1) is 11.3 Å². The van der Waals surface area contributed by atoms with Crippen LogP contribution in [0.5, 0.6) is 0 Å². The van der Waals surface area contributed by atoms with Crippen LogP contribution in [-0.4, -0.2) is 74.9 Å². The molecule has 0 radical (unpaired) electrons. The lowest BCUT2D eigenvalue weighted by Gasteiger charge is -2.34. The van der Waals surface area contributed by atoms with Crippen LogP contribution in [0.4, 0.5) is 0 Å². The van der Waals surface area contributed by atoms with Crippen molar-refractivity contribution in [2.45, 2.75) is 26.3 Å². The summed E-state index contributed by atoms with van der Waals surface area (Å²) in [5.41, 5.74) is 0.500. The molecule has 0 amide bonds. The molecular formula is C15H30ClN3O. The van der Waals surface area contributed by atoms with Crippen molar-refractivity contribution in [2.24, 2.45) is 11.3 Å². The second-order valence-electron chi connectivity index (χ2n) is 7.12. The van der Waals surface area contributed by atoms with E-state index in [0.29, 0.717) is 5.41 Å². The van der Waals surface area contributed by atoms with Crippen LogP contribution in [0.1, 0.15) is 20.3 Å². The average molecular weight is 304 g/mol. The van der Waals surface area contributed by atoms with Gasteiger partial charge in [0.25, 0.3) is 0 Å². The Bertz CT molecular complexity index is 303. The third-order valence-electron chi connectivity index (χ3n) is 5.23. The highest BCUT2D eigenvalue weighted by Crippen LogP contribution is 2.30. The predicted octanol–water partition coefficient (Wildman–Crippen LogP) is 1.06. The number of ether oxygens (including phenoxy) is 1. The van der Waals surface area contributed by atoms with Crippen molar-refractivity contribution < 1.29 is 4.74 Å². The van der Waals surface area contributed by atoms with E-state index in [9.17, 15) is 0 Å². The molecule has 3 rings (SSSR count). The number of rotatable bonds is 3. The molecule has 0 aromatic rings. The van der Waals surface area contributed by atoms with Gasteiger partial charge >= 0.3 is 0 Å². The molecule has 0 aliphatic carbocycles. The van der Waals surface area contributed by atoms with Crippen LogP contribution in [-0.2, 0) is 4.74 Å². The van der Waals surface area contributed by atoms with E-state index in [2.05, 4.69) is 29.0 Å². The number of likely N-dealkylation sites (tertiary alicyclic amines) is 1. The molecule has 5 heteroatoms. The first kappa shape index (κ1) is 16.5. The molecule has 1 N–H and O–H groups in total. The molecule has 3 saturated heterocycles. The van der Waals surface area contributed by atoms with E-state index in [1.54, 1.807) is 0 Å². The summed E-state index contributed by atoms with van der Waals surface area (Å²) < 4.78 is 5.48. The highest BCUT2D eigenvalue weighted by Gasteiger charge is 2.38. The van der Waals surface area contributed by atoms with Gasteiger partial charge in [0.2, 0.25) is 0 Å². The second kappa shape index (κ2) is 6.93. The lowest BCUT2D eigenvalue weighted by atomic mass is 9.89. The van der Waals surface area contributed by atoms with Crippen molar-refractivity contribution in [1.29, 1.82) is 0 Å². The highest BCUT2D eigenvalue weighted by molar-refractivity contribution is 5.85. The van der Waals surface area contributed by atoms with Gasteiger partial charge in [0, 0.05) is 45.3 Å². The molecule has 0 saturated carbocycles. The summed E-state index contributed by atoms with van der Waals surface area (Å²) in [6, 6.07) is 0.752. The molecule has 3 aliphatic rings. The second-order valence-corrected chi connectivity index (χ2v) is 7.12. The Balaban J connectivity index is 0.00000147. The SMILES string of the molecule is CC1CN(CC2(C)CCNC2)CC1N1CCOCC1.Cl. The van der Waals surface area contributed by atoms with Crippen LogP contribution < -0.4 is 5.32 Å². The van der Waals surface area contributed by atoms with E-state index >= 15 is 0 Å². The summed E-state index contributed by atoms with van der Waals surface area (Å²) in [6.07, 6.45) is 1.33. The minimum atomic E-state index is 0. The fourth-order valence-corrected chi connectivity index (χ4v) is 4.11. The van der Waals surface area contributed by atoms with Gasteiger partial charge in [-0.1, -0.05) is 13.8 Å². The third kappa shape index (κ3) is 3.66. The van der Waals surface area contributed by atoms with E-state index in [4.69, 9.17) is 4.74 Å². The van der Waals surface area contributed by atoms with Crippen molar-refractivity contribution >= 4 is 12.4 Å². The molecule has 0 aromatic carbocycles. The topological polar surface area (TPSA) is 27.7 Å². The zero-order chi connectivity index (χ0) is 13.3. The zero-order valence-electron chi connectivity index (χ0n) is 12.9. The average Bonchev–Trinajstić information content (AvgIpc) is 2.97. The smallest absolute Gasteiger partial charge is 0.0594 e. The summed E-state index contributed by atoms with van der Waals surface area (Å²) in [5.74, 6) is 0.802. The van der Waals surface area contributed by atoms with Crippen LogP contribution in [0.3, 0.4) is 0 Å². The van der Waals surface area contributed by atoms with Gasteiger partial charge in [0.1, 0.15) is 0 Å². The highest BCUT2D eigenvalue weighted by atomic mass is 35.5. The Hall–Kier alpha value is 0.130. The van der Waals surface area contributed by atoms with Gasteiger partial charge in [-0.2, -0.15) is 0 Å². The van der Waals surface area contributed by atoms with Crippen LogP contribution in [0.15, 0.2) is 0 Å². The lowest BCUT2D eigenvalue weighted by molar-refractivity contribution is 0.0114. The van der Waals surface area contributed by atoms with E-state index in [-0.39, 0.29) is 12.4 Å². The maximum Gasteiger partial charge on any atom is 0.0594 e. The van der Waals surface area contributed by atoms with E-state index in [1.165, 1.54) is 39.1 Å². The number of morpholine rings is 1. The first-order chi connectivity index (χ1) is 9.16. The summed E-state index contributed by atoms with van der Waals surface area (Å²) in [5, 5.41) is 3.52. The Labute approximate surface area is 129 Å². The summed E-state index contributed by atoms with van der Waals surface area (Å²) in [7, 11) is 0. The quantitative estimate of drug-likeness (QED) is 0.844. The molecular weight excluding hydrogens is 274 g/mol. The first-order valence-corrected chi connectivity index (χ1v) is 7.91. The van der Waals surface area contributed by atoms with Gasteiger partial charge in [0.05, 0.1) is 13.2 Å². The predicted molar refractivity (Wildman–Crippen MR) is 84.6 cm³/mol. The monoisotopic (exact) mass is 303 g/mol. The summed E-state index contributed by atoms with van der Waals surface area (Å²) in [4.78, 5) is 5.36. The Morgan fingerprint density at radius 3 is 2.65 bits per heavy atom. The minimum Gasteiger partial charge on any atom is -0.379 e. The summed E-state index contributed by atoms with van der Waals surface area (Å²) in [6.45, 7) is 15.2. The molecule has 3 fully saturated rings. The molecule has 20 heavy (non-hydrogen) atoms. The van der Waals surface area contributed by atoms with Gasteiger partial charge in [-0.3, -0.25) is 4.90 Å². The van der Waals surface area contributed by atoms with Crippen LogP contribution >= 0.6 is 12.4 Å². The maximum atomic E-state index is 5.48. The van der Waals surface area contributed by atoms with Gasteiger partial charge in [-0.05, 0) is 24.3 Å². The molecule has 3 atom stereocenters. The zero-order valence-corrected chi connectivity index (χ0v) is 13.8. The number of hydrogen-bond acceptors (Lipinski definition) is 4. The molecule has 3 unspecified atom stereocenters. The van der Waals surface area contributed by atoms with Gasteiger partial charge in [-0.15, -0.1) is 12.4 Å². The van der Waals surface area contributed by atoms with E-state index in [0.717, 1.165) is 38.3 Å². The maximum absolute atomic E-state index is 5.48. The Morgan fingerprint density at radius 2 is 2.00 bits per heavy atom.